The normalized spacial score (nSPS) is 14.9. The molecule has 20 heavy (non-hydrogen) atoms. The van der Waals surface area contributed by atoms with Gasteiger partial charge in [-0.05, 0) is 33.6 Å². The van der Waals surface area contributed by atoms with Crippen molar-refractivity contribution in [2.75, 3.05) is 0 Å². The van der Waals surface area contributed by atoms with Gasteiger partial charge in [0.25, 0.3) is 5.56 Å². The summed E-state index contributed by atoms with van der Waals surface area (Å²) in [7, 11) is 0. The number of carbonyl (C=O) groups is 2. The van der Waals surface area contributed by atoms with Crippen LogP contribution in [0, 0.1) is 0 Å². The zero-order valence-corrected chi connectivity index (χ0v) is 11.7. The fourth-order valence-electron chi connectivity index (χ4n) is 1.86. The Balaban J connectivity index is 2.48. The van der Waals surface area contributed by atoms with Crippen molar-refractivity contribution in [3.8, 4) is 0 Å². The van der Waals surface area contributed by atoms with Crippen LogP contribution in [0.1, 0.15) is 60.4 Å². The van der Waals surface area contributed by atoms with Crippen LogP contribution in [-0.4, -0.2) is 27.2 Å². The van der Waals surface area contributed by atoms with E-state index in [9.17, 15) is 14.4 Å². The third-order valence-electron chi connectivity index (χ3n) is 2.87. The number of pyridine rings is 1. The van der Waals surface area contributed by atoms with Crippen molar-refractivity contribution in [2.45, 2.75) is 45.3 Å². The number of aromatic carboxylic acids is 1. The van der Waals surface area contributed by atoms with Crippen LogP contribution in [-0.2, 0) is 4.74 Å². The highest BCUT2D eigenvalue weighted by molar-refractivity contribution is 6.02. The van der Waals surface area contributed by atoms with Crippen LogP contribution in [0.5, 0.6) is 0 Å². The molecule has 0 aliphatic heterocycles. The molecule has 0 amide bonds. The Morgan fingerprint density at radius 2 is 1.90 bits per heavy atom. The maximum absolute atomic E-state index is 12.1. The number of nitrogens with zero attached hydrogens (tertiary/aromatic N) is 1. The number of ether oxygens (including phenoxy) is 1. The van der Waals surface area contributed by atoms with Crippen molar-refractivity contribution in [1.29, 1.82) is 0 Å². The molecule has 1 heterocycles. The summed E-state index contributed by atoms with van der Waals surface area (Å²) in [6, 6.07) is 1.05. The minimum atomic E-state index is -1.31. The van der Waals surface area contributed by atoms with Crippen LogP contribution in [0.3, 0.4) is 0 Å². The van der Waals surface area contributed by atoms with Gasteiger partial charge in [-0.25, -0.2) is 9.59 Å². The molecule has 1 aromatic rings. The Hall–Kier alpha value is -2.11. The first-order valence-corrected chi connectivity index (χ1v) is 6.42. The van der Waals surface area contributed by atoms with Gasteiger partial charge in [0.15, 0.2) is 0 Å². The lowest BCUT2D eigenvalue weighted by molar-refractivity contribution is 0.00647. The summed E-state index contributed by atoms with van der Waals surface area (Å²) in [6.07, 6.45) is 3.03. The van der Waals surface area contributed by atoms with Gasteiger partial charge >= 0.3 is 11.9 Å². The summed E-state index contributed by atoms with van der Waals surface area (Å²) in [5.41, 5.74) is -1.54. The van der Waals surface area contributed by atoms with Gasteiger partial charge in [-0.1, -0.05) is 0 Å². The predicted octanol–water partition coefficient (Wildman–Crippen LogP) is 1.84. The minimum Gasteiger partial charge on any atom is -0.478 e. The highest BCUT2D eigenvalue weighted by Gasteiger charge is 2.29. The molecule has 1 fully saturated rings. The Labute approximate surface area is 116 Å². The molecule has 1 aliphatic carbocycles. The quantitative estimate of drug-likeness (QED) is 0.853. The lowest BCUT2D eigenvalue weighted by Crippen LogP contribution is -2.28. The van der Waals surface area contributed by atoms with E-state index >= 15 is 0 Å². The van der Waals surface area contributed by atoms with Gasteiger partial charge in [0.1, 0.15) is 5.60 Å². The van der Waals surface area contributed by atoms with Crippen LogP contribution in [0.2, 0.25) is 0 Å². The van der Waals surface area contributed by atoms with Crippen molar-refractivity contribution >= 4 is 11.9 Å². The van der Waals surface area contributed by atoms with Gasteiger partial charge in [0.2, 0.25) is 0 Å². The molecule has 1 N–H and O–H groups in total. The van der Waals surface area contributed by atoms with E-state index in [1.54, 1.807) is 20.8 Å². The molecular formula is C14H17NO5. The lowest BCUT2D eigenvalue weighted by atomic mass is 10.1. The minimum absolute atomic E-state index is 0.0616. The number of carbonyl (C=O) groups excluding carboxylic acids is 1. The van der Waals surface area contributed by atoms with E-state index in [4.69, 9.17) is 9.84 Å². The van der Waals surface area contributed by atoms with Crippen LogP contribution in [0.25, 0.3) is 0 Å². The molecule has 6 heteroatoms. The predicted molar refractivity (Wildman–Crippen MR) is 71.1 cm³/mol. The largest absolute Gasteiger partial charge is 0.478 e. The lowest BCUT2D eigenvalue weighted by Gasteiger charge is -2.20. The molecule has 1 aliphatic rings. The molecular weight excluding hydrogens is 262 g/mol. The average molecular weight is 279 g/mol. The van der Waals surface area contributed by atoms with Crippen LogP contribution < -0.4 is 5.56 Å². The zero-order chi connectivity index (χ0) is 15.1. The molecule has 108 valence electrons. The molecule has 1 aromatic heterocycles. The molecule has 2 rings (SSSR count). The maximum Gasteiger partial charge on any atom is 0.341 e. The summed E-state index contributed by atoms with van der Waals surface area (Å²) in [6.45, 7) is 5.09. The van der Waals surface area contributed by atoms with Crippen LogP contribution in [0.15, 0.2) is 17.1 Å². The third kappa shape index (κ3) is 3.07. The van der Waals surface area contributed by atoms with E-state index < -0.39 is 23.1 Å². The van der Waals surface area contributed by atoms with Gasteiger partial charge in [0, 0.05) is 18.3 Å². The van der Waals surface area contributed by atoms with Crippen LogP contribution in [0.4, 0.5) is 0 Å². The first-order valence-electron chi connectivity index (χ1n) is 6.42. The maximum atomic E-state index is 12.1. The summed E-state index contributed by atoms with van der Waals surface area (Å²) in [4.78, 5) is 35.1. The summed E-state index contributed by atoms with van der Waals surface area (Å²) < 4.78 is 6.60. The highest BCUT2D eigenvalue weighted by atomic mass is 16.6. The zero-order valence-electron chi connectivity index (χ0n) is 11.7. The van der Waals surface area contributed by atoms with Crippen molar-refractivity contribution in [2.24, 2.45) is 0 Å². The number of rotatable bonds is 3. The smallest absolute Gasteiger partial charge is 0.341 e. The summed E-state index contributed by atoms with van der Waals surface area (Å²) in [5, 5.41) is 9.13. The van der Waals surface area contributed by atoms with Gasteiger partial charge in [0.05, 0.1) is 11.1 Å². The molecule has 0 spiro atoms. The fraction of sp³-hybridized carbons (Fsp3) is 0.500. The second-order valence-corrected chi connectivity index (χ2v) is 5.88. The van der Waals surface area contributed by atoms with Crippen molar-refractivity contribution in [3.05, 3.63) is 33.7 Å². The number of carboxylic acids is 1. The summed E-state index contributed by atoms with van der Waals surface area (Å²) in [5.74, 6) is -2.05. The topological polar surface area (TPSA) is 85.6 Å². The first kappa shape index (κ1) is 14.3. The SMILES string of the molecule is CC(C)(C)OC(=O)c1cn(C2CC2)c(=O)cc1C(=O)O. The van der Waals surface area contributed by atoms with E-state index in [0.717, 1.165) is 18.9 Å². The molecule has 0 atom stereocenters. The summed E-state index contributed by atoms with van der Waals surface area (Å²) >= 11 is 0. The first-order chi connectivity index (χ1) is 9.19. The Morgan fingerprint density at radius 3 is 2.35 bits per heavy atom. The highest BCUT2D eigenvalue weighted by Crippen LogP contribution is 2.33. The second-order valence-electron chi connectivity index (χ2n) is 5.88. The van der Waals surface area contributed by atoms with E-state index in [1.165, 1.54) is 10.8 Å². The molecule has 0 radical (unpaired) electrons. The molecule has 0 saturated heterocycles. The Bertz CT molecular complexity index is 619. The number of hydrogen-bond donors (Lipinski definition) is 1. The monoisotopic (exact) mass is 279 g/mol. The molecule has 0 bridgehead atoms. The van der Waals surface area contributed by atoms with E-state index in [1.807, 2.05) is 0 Å². The van der Waals surface area contributed by atoms with E-state index in [0.29, 0.717) is 0 Å². The van der Waals surface area contributed by atoms with Crippen molar-refractivity contribution in [3.63, 3.8) is 0 Å². The number of hydrogen-bond acceptors (Lipinski definition) is 4. The van der Waals surface area contributed by atoms with Gasteiger partial charge in [-0.15, -0.1) is 0 Å². The molecule has 1 saturated carbocycles. The fourth-order valence-corrected chi connectivity index (χ4v) is 1.86. The standard InChI is InChI=1S/C14H17NO5/c1-14(2,3)20-13(19)10-7-15(8-4-5-8)11(16)6-9(10)12(17)18/h6-8H,4-5H2,1-3H3,(H,17,18). The number of esters is 1. The number of aromatic nitrogens is 1. The molecule has 0 aromatic carbocycles. The Morgan fingerprint density at radius 1 is 1.30 bits per heavy atom. The van der Waals surface area contributed by atoms with E-state index in [-0.39, 0.29) is 17.2 Å². The molecule has 6 nitrogen and oxygen atoms in total. The van der Waals surface area contributed by atoms with Gasteiger partial charge in [-0.2, -0.15) is 0 Å². The van der Waals surface area contributed by atoms with Crippen molar-refractivity contribution in [1.82, 2.24) is 4.57 Å². The second kappa shape index (κ2) is 4.77. The van der Waals surface area contributed by atoms with Crippen molar-refractivity contribution < 1.29 is 19.4 Å². The molecule has 0 unspecified atom stereocenters. The van der Waals surface area contributed by atoms with Gasteiger partial charge in [-0.3, -0.25) is 4.79 Å². The average Bonchev–Trinajstić information content (AvgIpc) is 3.09. The van der Waals surface area contributed by atoms with Crippen LogP contribution >= 0.6 is 0 Å². The third-order valence-corrected chi connectivity index (χ3v) is 2.87. The van der Waals surface area contributed by atoms with Gasteiger partial charge < -0.3 is 14.4 Å². The van der Waals surface area contributed by atoms with E-state index in [2.05, 4.69) is 0 Å². The number of carboxylic acid groups (broad SMARTS) is 1. The Kier molecular flexibility index (Phi) is 3.41.